The minimum atomic E-state index is 0.439. The Balaban J connectivity index is 2.21. The molecule has 0 aromatic rings. The normalized spacial score (nSPS) is 34.4. The summed E-state index contributed by atoms with van der Waals surface area (Å²) in [5.74, 6) is 0.595. The van der Waals surface area contributed by atoms with E-state index in [1.54, 1.807) is 0 Å². The van der Waals surface area contributed by atoms with E-state index in [1.807, 2.05) is 0 Å². The zero-order valence-electron chi connectivity index (χ0n) is 7.13. The average Bonchev–Trinajstić information content (AvgIpc) is 2.43. The van der Waals surface area contributed by atoms with Crippen molar-refractivity contribution in [1.29, 1.82) is 0 Å². The van der Waals surface area contributed by atoms with Crippen LogP contribution in [0.5, 0.6) is 0 Å². The van der Waals surface area contributed by atoms with Gasteiger partial charge in [0.1, 0.15) is 0 Å². The smallest absolute Gasteiger partial charge is 0.187 e. The molecule has 1 saturated carbocycles. The number of hydrogen-bond acceptors (Lipinski definition) is 2. The quantitative estimate of drug-likeness (QED) is 0.550. The summed E-state index contributed by atoms with van der Waals surface area (Å²) in [4.78, 5) is 0. The minimum absolute atomic E-state index is 0.439. The lowest BCUT2D eigenvalue weighted by molar-refractivity contribution is 0.518. The fourth-order valence-electron chi connectivity index (χ4n) is 1.99. The first-order chi connectivity index (χ1) is 5.77. The Kier molecular flexibility index (Phi) is 2.00. The molecule has 0 saturated heterocycles. The summed E-state index contributed by atoms with van der Waals surface area (Å²) in [6.07, 6.45) is 3.65. The van der Waals surface area contributed by atoms with Crippen LogP contribution in [0.15, 0.2) is 5.10 Å². The molecule has 2 atom stereocenters. The summed E-state index contributed by atoms with van der Waals surface area (Å²) < 4.78 is 0. The van der Waals surface area contributed by atoms with Crippen LogP contribution in [0.3, 0.4) is 0 Å². The summed E-state index contributed by atoms with van der Waals surface area (Å²) in [5, 5.41) is 8.16. The van der Waals surface area contributed by atoms with Crippen molar-refractivity contribution < 1.29 is 0 Å². The molecule has 0 aromatic carbocycles. The summed E-state index contributed by atoms with van der Waals surface area (Å²) in [7, 11) is 0. The molecule has 0 amide bonds. The van der Waals surface area contributed by atoms with Gasteiger partial charge in [-0.3, -0.25) is 5.43 Å². The molecule has 0 radical (unpaired) electrons. The van der Waals surface area contributed by atoms with E-state index in [0.717, 1.165) is 6.42 Å². The maximum atomic E-state index is 5.02. The monoisotopic (exact) mass is 183 g/mol. The molecule has 1 heterocycles. The molecule has 1 fully saturated rings. The lowest BCUT2D eigenvalue weighted by Gasteiger charge is -2.17. The molecule has 1 aliphatic carbocycles. The second kappa shape index (κ2) is 3.01. The van der Waals surface area contributed by atoms with Crippen LogP contribution in [-0.2, 0) is 0 Å². The van der Waals surface area contributed by atoms with Crippen LogP contribution in [0.2, 0.25) is 0 Å². The second-order valence-corrected chi connectivity index (χ2v) is 3.88. The molecule has 0 bridgehead atoms. The molecule has 0 spiro atoms. The predicted molar refractivity (Wildman–Crippen MR) is 53.1 cm³/mol. The Hall–Kier alpha value is -0.640. The van der Waals surface area contributed by atoms with Crippen LogP contribution in [-0.4, -0.2) is 16.9 Å². The van der Waals surface area contributed by atoms with Crippen molar-refractivity contribution in [2.24, 2.45) is 11.0 Å². The van der Waals surface area contributed by atoms with Crippen molar-refractivity contribution in [1.82, 2.24) is 10.7 Å². The van der Waals surface area contributed by atoms with E-state index in [2.05, 4.69) is 22.8 Å². The molecule has 1 aliphatic heterocycles. The molecular weight excluding hydrogens is 170 g/mol. The van der Waals surface area contributed by atoms with Gasteiger partial charge in [-0.1, -0.05) is 0 Å². The Bertz CT molecular complexity index is 236. The Morgan fingerprint density at radius 3 is 3.25 bits per heavy atom. The molecule has 0 aromatic heterocycles. The van der Waals surface area contributed by atoms with Gasteiger partial charge in [-0.05, 0) is 38.4 Å². The van der Waals surface area contributed by atoms with Crippen LogP contribution in [0.1, 0.15) is 26.2 Å². The van der Waals surface area contributed by atoms with Crippen molar-refractivity contribution in [3.8, 4) is 0 Å². The summed E-state index contributed by atoms with van der Waals surface area (Å²) >= 11 is 5.02. The molecule has 2 unspecified atom stereocenters. The maximum Gasteiger partial charge on any atom is 0.187 e. The largest absolute Gasteiger partial charge is 0.358 e. The van der Waals surface area contributed by atoms with E-state index < -0.39 is 0 Å². The number of fused-ring (bicyclic) bond motifs is 1. The number of thiocarbonyl (C=S) groups is 1. The predicted octanol–water partition coefficient (Wildman–Crippen LogP) is 1.01. The lowest BCUT2D eigenvalue weighted by atomic mass is 9.99. The Labute approximate surface area is 77.6 Å². The van der Waals surface area contributed by atoms with Crippen molar-refractivity contribution in [3.05, 3.63) is 0 Å². The summed E-state index contributed by atoms with van der Waals surface area (Å²) in [6.45, 7) is 2.17. The fourth-order valence-corrected chi connectivity index (χ4v) is 2.23. The first-order valence-corrected chi connectivity index (χ1v) is 4.81. The standard InChI is InChI=1S/C8H13N3S/c1-5-6-3-2-4-7(6)10-11-8(12)9-5/h5-6H,2-4H2,1H3,(H2,9,11,12). The van der Waals surface area contributed by atoms with Gasteiger partial charge in [-0.15, -0.1) is 0 Å². The highest BCUT2D eigenvalue weighted by molar-refractivity contribution is 7.80. The average molecular weight is 183 g/mol. The highest BCUT2D eigenvalue weighted by Crippen LogP contribution is 2.26. The van der Waals surface area contributed by atoms with Gasteiger partial charge in [0.2, 0.25) is 0 Å². The van der Waals surface area contributed by atoms with E-state index in [9.17, 15) is 0 Å². The molecule has 12 heavy (non-hydrogen) atoms. The van der Waals surface area contributed by atoms with Crippen molar-refractivity contribution in [3.63, 3.8) is 0 Å². The maximum absolute atomic E-state index is 5.02. The van der Waals surface area contributed by atoms with Crippen LogP contribution in [0.25, 0.3) is 0 Å². The Morgan fingerprint density at radius 2 is 2.42 bits per heavy atom. The molecule has 66 valence electrons. The van der Waals surface area contributed by atoms with Gasteiger partial charge in [0.25, 0.3) is 0 Å². The first-order valence-electron chi connectivity index (χ1n) is 4.40. The second-order valence-electron chi connectivity index (χ2n) is 3.48. The van der Waals surface area contributed by atoms with Gasteiger partial charge in [0.15, 0.2) is 5.11 Å². The van der Waals surface area contributed by atoms with E-state index in [1.165, 1.54) is 18.6 Å². The van der Waals surface area contributed by atoms with Crippen molar-refractivity contribution in [2.45, 2.75) is 32.2 Å². The molecule has 2 N–H and O–H groups in total. The van der Waals surface area contributed by atoms with Gasteiger partial charge in [-0.25, -0.2) is 0 Å². The topological polar surface area (TPSA) is 36.4 Å². The number of hydrogen-bond donors (Lipinski definition) is 2. The SMILES string of the molecule is CC1NC(=S)NN=C2CCCC21. The number of nitrogens with zero attached hydrogens (tertiary/aromatic N) is 1. The van der Waals surface area contributed by atoms with Gasteiger partial charge in [-0.2, -0.15) is 5.10 Å². The van der Waals surface area contributed by atoms with Gasteiger partial charge in [0.05, 0.1) is 0 Å². The van der Waals surface area contributed by atoms with E-state index in [4.69, 9.17) is 12.2 Å². The van der Waals surface area contributed by atoms with Crippen LogP contribution >= 0.6 is 12.2 Å². The first kappa shape index (κ1) is 7.98. The minimum Gasteiger partial charge on any atom is -0.358 e. The Morgan fingerprint density at radius 1 is 1.58 bits per heavy atom. The zero-order chi connectivity index (χ0) is 8.55. The summed E-state index contributed by atoms with van der Waals surface area (Å²) in [5.41, 5.74) is 4.14. The molecule has 4 heteroatoms. The van der Waals surface area contributed by atoms with Crippen molar-refractivity contribution in [2.75, 3.05) is 0 Å². The fraction of sp³-hybridized carbons (Fsp3) is 0.750. The third kappa shape index (κ3) is 1.31. The molecule has 2 rings (SSSR count). The zero-order valence-corrected chi connectivity index (χ0v) is 7.95. The van der Waals surface area contributed by atoms with Crippen molar-refractivity contribution >= 4 is 23.0 Å². The van der Waals surface area contributed by atoms with E-state index in [-0.39, 0.29) is 0 Å². The van der Waals surface area contributed by atoms with E-state index in [0.29, 0.717) is 17.1 Å². The molecule has 2 aliphatic rings. The molecular formula is C8H13N3S. The van der Waals surface area contributed by atoms with Gasteiger partial charge >= 0.3 is 0 Å². The highest BCUT2D eigenvalue weighted by Gasteiger charge is 2.29. The van der Waals surface area contributed by atoms with Gasteiger partial charge in [0, 0.05) is 17.7 Å². The molecule has 3 nitrogen and oxygen atoms in total. The number of rotatable bonds is 0. The lowest BCUT2D eigenvalue weighted by Crippen LogP contribution is -2.39. The summed E-state index contributed by atoms with van der Waals surface area (Å²) in [6, 6.07) is 0.439. The highest BCUT2D eigenvalue weighted by atomic mass is 32.1. The third-order valence-corrected chi connectivity index (χ3v) is 2.85. The van der Waals surface area contributed by atoms with Gasteiger partial charge < -0.3 is 5.32 Å². The number of nitrogens with one attached hydrogen (secondary N) is 2. The third-order valence-electron chi connectivity index (χ3n) is 2.64. The van der Waals surface area contributed by atoms with Crippen LogP contribution in [0.4, 0.5) is 0 Å². The van der Waals surface area contributed by atoms with E-state index >= 15 is 0 Å². The number of hydrazone groups is 1. The van der Waals surface area contributed by atoms with Crippen LogP contribution < -0.4 is 10.7 Å². The van der Waals surface area contributed by atoms with Crippen LogP contribution in [0, 0.1) is 5.92 Å².